The largest absolute Gasteiger partial charge is 0.544 e. The summed E-state index contributed by atoms with van der Waals surface area (Å²) in [7, 11) is 3.89. The van der Waals surface area contributed by atoms with Crippen LogP contribution in [0.3, 0.4) is 0 Å². The van der Waals surface area contributed by atoms with Gasteiger partial charge in [-0.15, -0.1) is 11.8 Å². The third-order valence-electron chi connectivity index (χ3n) is 3.64. The van der Waals surface area contributed by atoms with Crippen LogP contribution >= 0.6 is 11.8 Å². The molecule has 126 valence electrons. The van der Waals surface area contributed by atoms with Crippen LogP contribution in [0.5, 0.6) is 0 Å². The Bertz CT molecular complexity index is 257. The van der Waals surface area contributed by atoms with Crippen LogP contribution in [-0.2, 0) is 4.79 Å². The SMILES string of the molecule is CCCCCCCCCCCCSC[N+](C)(C)CC(=O)[O-]. The number of aliphatic carboxylic acids is 1. The molecular formula is C17H35NO2S. The number of carbonyl (C=O) groups is 1. The molecular weight excluding hydrogens is 282 g/mol. The molecule has 3 nitrogen and oxygen atoms in total. The Balaban J connectivity index is 3.24. The molecule has 0 saturated carbocycles. The molecule has 0 amide bonds. The van der Waals surface area contributed by atoms with Gasteiger partial charge in [0.15, 0.2) is 0 Å². The number of hydrogen-bond donors (Lipinski definition) is 0. The lowest BCUT2D eigenvalue weighted by Crippen LogP contribution is -2.48. The summed E-state index contributed by atoms with van der Waals surface area (Å²) >= 11 is 1.86. The summed E-state index contributed by atoms with van der Waals surface area (Å²) in [5.41, 5.74) is 0. The number of carboxylic acid groups (broad SMARTS) is 1. The predicted octanol–water partition coefficient (Wildman–Crippen LogP) is 3.42. The summed E-state index contributed by atoms with van der Waals surface area (Å²) in [4.78, 5) is 10.6. The molecule has 0 atom stereocenters. The first-order chi connectivity index (χ1) is 9.98. The number of likely N-dealkylation sites (N-methyl/N-ethyl adjacent to an activating group) is 1. The number of carboxylic acids is 1. The average Bonchev–Trinajstić information content (AvgIpc) is 2.38. The molecule has 0 aliphatic rings. The molecule has 0 aromatic rings. The number of quaternary nitrogens is 1. The maximum Gasteiger partial charge on any atom is 0.125 e. The number of carbonyl (C=O) groups excluding carboxylic acids is 1. The standard InChI is InChI=1S/C17H35NO2S/c1-4-5-6-7-8-9-10-11-12-13-14-21-16-18(2,3)15-17(19)20/h4-16H2,1-3H3. The van der Waals surface area contributed by atoms with E-state index in [2.05, 4.69) is 6.92 Å². The van der Waals surface area contributed by atoms with E-state index in [1.807, 2.05) is 25.9 Å². The molecule has 0 bridgehead atoms. The summed E-state index contributed by atoms with van der Waals surface area (Å²) in [6.07, 6.45) is 13.6. The van der Waals surface area contributed by atoms with Gasteiger partial charge in [-0.1, -0.05) is 64.7 Å². The zero-order valence-corrected chi connectivity index (χ0v) is 15.2. The third kappa shape index (κ3) is 16.0. The Hall–Kier alpha value is -0.220. The zero-order valence-electron chi connectivity index (χ0n) is 14.4. The normalized spacial score (nSPS) is 11.8. The Morgan fingerprint density at radius 1 is 0.905 bits per heavy atom. The van der Waals surface area contributed by atoms with Crippen molar-refractivity contribution in [3.63, 3.8) is 0 Å². The molecule has 0 aromatic heterocycles. The first-order valence-electron chi connectivity index (χ1n) is 8.57. The van der Waals surface area contributed by atoms with Gasteiger partial charge in [-0.05, 0) is 12.2 Å². The number of hydrogen-bond acceptors (Lipinski definition) is 3. The van der Waals surface area contributed by atoms with Crippen molar-refractivity contribution in [2.24, 2.45) is 0 Å². The van der Waals surface area contributed by atoms with E-state index in [-0.39, 0.29) is 6.54 Å². The molecule has 0 radical (unpaired) electrons. The van der Waals surface area contributed by atoms with Gasteiger partial charge in [0.1, 0.15) is 12.4 Å². The van der Waals surface area contributed by atoms with Gasteiger partial charge in [-0.2, -0.15) is 0 Å². The third-order valence-corrected chi connectivity index (χ3v) is 5.10. The molecule has 0 heterocycles. The first-order valence-corrected chi connectivity index (χ1v) is 9.73. The molecule has 0 aliphatic heterocycles. The molecule has 0 saturated heterocycles. The van der Waals surface area contributed by atoms with Crippen molar-refractivity contribution in [3.05, 3.63) is 0 Å². The average molecular weight is 318 g/mol. The minimum atomic E-state index is -0.959. The van der Waals surface area contributed by atoms with E-state index >= 15 is 0 Å². The topological polar surface area (TPSA) is 40.1 Å². The van der Waals surface area contributed by atoms with E-state index < -0.39 is 5.97 Å². The van der Waals surface area contributed by atoms with Crippen LogP contribution in [0, 0.1) is 0 Å². The highest BCUT2D eigenvalue weighted by Gasteiger charge is 2.14. The lowest BCUT2D eigenvalue weighted by Gasteiger charge is -2.29. The fraction of sp³-hybridized carbons (Fsp3) is 0.941. The van der Waals surface area contributed by atoms with Crippen molar-refractivity contribution in [2.75, 3.05) is 32.3 Å². The van der Waals surface area contributed by atoms with E-state index in [1.54, 1.807) is 0 Å². The second-order valence-corrected chi connectivity index (χ2v) is 7.76. The fourth-order valence-corrected chi connectivity index (χ4v) is 3.52. The van der Waals surface area contributed by atoms with Crippen LogP contribution in [0.1, 0.15) is 71.1 Å². The van der Waals surface area contributed by atoms with Gasteiger partial charge in [0.25, 0.3) is 0 Å². The minimum absolute atomic E-state index is 0.102. The highest BCUT2D eigenvalue weighted by atomic mass is 32.2. The van der Waals surface area contributed by atoms with Crippen molar-refractivity contribution in [3.8, 4) is 0 Å². The van der Waals surface area contributed by atoms with Crippen molar-refractivity contribution in [1.82, 2.24) is 0 Å². The van der Waals surface area contributed by atoms with Gasteiger partial charge in [-0.25, -0.2) is 0 Å². The van der Waals surface area contributed by atoms with Crippen LogP contribution in [0.15, 0.2) is 0 Å². The van der Waals surface area contributed by atoms with Gasteiger partial charge in [0.05, 0.1) is 20.1 Å². The molecule has 21 heavy (non-hydrogen) atoms. The highest BCUT2D eigenvalue weighted by molar-refractivity contribution is 7.99. The van der Waals surface area contributed by atoms with Gasteiger partial charge >= 0.3 is 0 Å². The summed E-state index contributed by atoms with van der Waals surface area (Å²) in [5, 5.41) is 10.6. The van der Waals surface area contributed by atoms with Gasteiger partial charge < -0.3 is 14.4 Å². The number of nitrogens with zero attached hydrogens (tertiary/aromatic N) is 1. The number of rotatable bonds is 15. The van der Waals surface area contributed by atoms with Crippen molar-refractivity contribution in [2.45, 2.75) is 71.1 Å². The molecule has 0 rings (SSSR count). The van der Waals surface area contributed by atoms with Crippen molar-refractivity contribution in [1.29, 1.82) is 0 Å². The summed E-state index contributed by atoms with van der Waals surface area (Å²) in [6.45, 7) is 2.36. The van der Waals surface area contributed by atoms with E-state index in [0.29, 0.717) is 4.48 Å². The Morgan fingerprint density at radius 3 is 1.86 bits per heavy atom. The van der Waals surface area contributed by atoms with Gasteiger partial charge in [-0.3, -0.25) is 0 Å². The predicted molar refractivity (Wildman–Crippen MR) is 91.2 cm³/mol. The molecule has 0 aromatic carbocycles. The molecule has 0 spiro atoms. The zero-order chi connectivity index (χ0) is 16.0. The van der Waals surface area contributed by atoms with Crippen LogP contribution in [-0.4, -0.2) is 42.7 Å². The second-order valence-electron chi connectivity index (χ2n) is 6.69. The Labute approximate surface area is 136 Å². The second kappa shape index (κ2) is 13.4. The summed E-state index contributed by atoms with van der Waals surface area (Å²) in [5.74, 6) is 1.04. The Kier molecular flexibility index (Phi) is 13.3. The lowest BCUT2D eigenvalue weighted by molar-refractivity contribution is -0.871. The van der Waals surface area contributed by atoms with E-state index in [1.165, 1.54) is 64.2 Å². The van der Waals surface area contributed by atoms with Crippen LogP contribution in [0.25, 0.3) is 0 Å². The van der Waals surface area contributed by atoms with E-state index in [9.17, 15) is 9.90 Å². The lowest BCUT2D eigenvalue weighted by atomic mass is 10.1. The Morgan fingerprint density at radius 2 is 1.38 bits per heavy atom. The number of thioether (sulfide) groups is 1. The van der Waals surface area contributed by atoms with Crippen LogP contribution < -0.4 is 5.11 Å². The van der Waals surface area contributed by atoms with Gasteiger partial charge in [0.2, 0.25) is 0 Å². The summed E-state index contributed by atoms with van der Waals surface area (Å²) in [6, 6.07) is 0. The fourth-order valence-electron chi connectivity index (χ4n) is 2.40. The van der Waals surface area contributed by atoms with Crippen molar-refractivity contribution >= 4 is 17.7 Å². The van der Waals surface area contributed by atoms with Crippen molar-refractivity contribution < 1.29 is 14.4 Å². The summed E-state index contributed by atoms with van der Waals surface area (Å²) < 4.78 is 0.505. The monoisotopic (exact) mass is 317 g/mol. The smallest absolute Gasteiger partial charge is 0.125 e. The van der Waals surface area contributed by atoms with Crippen LogP contribution in [0.2, 0.25) is 0 Å². The maximum absolute atomic E-state index is 10.6. The molecule has 4 heteroatoms. The van der Waals surface area contributed by atoms with Crippen LogP contribution in [0.4, 0.5) is 0 Å². The van der Waals surface area contributed by atoms with E-state index in [0.717, 1.165) is 11.6 Å². The molecule has 0 fully saturated rings. The van der Waals surface area contributed by atoms with Gasteiger partial charge in [0, 0.05) is 0 Å². The molecule has 0 aliphatic carbocycles. The first kappa shape index (κ1) is 20.8. The quantitative estimate of drug-likeness (QED) is 0.264. The molecule has 0 N–H and O–H groups in total. The highest BCUT2D eigenvalue weighted by Crippen LogP contribution is 2.14. The maximum atomic E-state index is 10.6. The molecule has 0 unspecified atom stereocenters. The minimum Gasteiger partial charge on any atom is -0.544 e. The number of unbranched alkanes of at least 4 members (excludes halogenated alkanes) is 9. The van der Waals surface area contributed by atoms with E-state index in [4.69, 9.17) is 0 Å².